The highest BCUT2D eigenvalue weighted by molar-refractivity contribution is 7.19. The summed E-state index contributed by atoms with van der Waals surface area (Å²) in [5, 5.41) is 12.3. The maximum absolute atomic E-state index is 12.0. The largest absolute Gasteiger partial charge is 0.279 e. The minimum absolute atomic E-state index is 0.290. The molecule has 0 unspecified atom stereocenters. The minimum atomic E-state index is -0.290. The molecule has 0 saturated carbocycles. The van der Waals surface area contributed by atoms with Crippen LogP contribution in [0.1, 0.15) is 9.88 Å². The van der Waals surface area contributed by atoms with E-state index in [0.717, 1.165) is 9.58 Å². The van der Waals surface area contributed by atoms with Crippen LogP contribution in [0.25, 0.3) is 21.7 Å². The number of hydrogen-bond acceptors (Lipinski definition) is 5. The van der Waals surface area contributed by atoms with Crippen molar-refractivity contribution in [3.05, 3.63) is 62.0 Å². The molecule has 3 nitrogen and oxygen atoms in total. The first kappa shape index (κ1) is 12.7. The van der Waals surface area contributed by atoms with Crippen LogP contribution in [0.2, 0.25) is 0 Å². The molecule has 3 rings (SSSR count). The Kier molecular flexibility index (Phi) is 3.42. The molecule has 0 atom stereocenters. The predicted octanol–water partition coefficient (Wildman–Crippen LogP) is 3.78. The minimum Gasteiger partial charge on any atom is -0.267 e. The Labute approximate surface area is 123 Å². The molecule has 0 aliphatic heterocycles. The number of hydrogen-bond donors (Lipinski definition) is 0. The van der Waals surface area contributed by atoms with Crippen molar-refractivity contribution >= 4 is 44.4 Å². The Morgan fingerprint density at radius 2 is 2.10 bits per heavy atom. The van der Waals surface area contributed by atoms with Gasteiger partial charge in [0.15, 0.2) is 0 Å². The number of aromatic nitrogens is 1. The number of nitrogens with zero attached hydrogens (tertiary/aromatic N) is 2. The highest BCUT2D eigenvalue weighted by Gasteiger charge is 2.08. The summed E-state index contributed by atoms with van der Waals surface area (Å²) in [7, 11) is 0. The van der Waals surface area contributed by atoms with Crippen molar-refractivity contribution < 1.29 is 0 Å². The third-order valence-corrected chi connectivity index (χ3v) is 4.61. The van der Waals surface area contributed by atoms with Crippen molar-refractivity contribution in [1.82, 2.24) is 4.98 Å². The molecule has 1 aromatic carbocycles. The first-order valence-corrected chi connectivity index (χ1v) is 7.53. The smallest absolute Gasteiger partial charge is 0.267 e. The molecule has 0 amide bonds. The highest BCUT2D eigenvalue weighted by Crippen LogP contribution is 2.25. The lowest BCUT2D eigenvalue weighted by Gasteiger charge is -1.99. The van der Waals surface area contributed by atoms with Gasteiger partial charge in [-0.15, -0.1) is 22.7 Å². The first-order chi connectivity index (χ1) is 9.78. The average molecular weight is 296 g/mol. The molecule has 0 bridgehead atoms. The van der Waals surface area contributed by atoms with Crippen molar-refractivity contribution in [2.24, 2.45) is 0 Å². The van der Waals surface area contributed by atoms with Crippen molar-refractivity contribution in [2.75, 3.05) is 0 Å². The summed E-state index contributed by atoms with van der Waals surface area (Å²) < 4.78 is 0.842. The summed E-state index contributed by atoms with van der Waals surface area (Å²) in [5.41, 5.74) is 0.127. The van der Waals surface area contributed by atoms with Gasteiger partial charge in [0, 0.05) is 9.58 Å². The SMILES string of the molecule is N#CC(=Cc1cccs1)c1nc(=O)c2ccccc2s1. The van der Waals surface area contributed by atoms with Crippen molar-refractivity contribution in [1.29, 1.82) is 5.26 Å². The van der Waals surface area contributed by atoms with Gasteiger partial charge in [-0.2, -0.15) is 10.2 Å². The summed E-state index contributed by atoms with van der Waals surface area (Å²) in [4.78, 5) is 17.0. The van der Waals surface area contributed by atoms with E-state index in [2.05, 4.69) is 11.1 Å². The summed E-state index contributed by atoms with van der Waals surface area (Å²) in [6.07, 6.45) is 1.76. The van der Waals surface area contributed by atoms with Crippen molar-refractivity contribution in [3.63, 3.8) is 0 Å². The van der Waals surface area contributed by atoms with Crippen molar-refractivity contribution in [2.45, 2.75) is 0 Å². The van der Waals surface area contributed by atoms with E-state index >= 15 is 0 Å². The number of allylic oxidation sites excluding steroid dienone is 1. The van der Waals surface area contributed by atoms with Gasteiger partial charge in [-0.3, -0.25) is 4.79 Å². The molecule has 96 valence electrons. The molecular formula is C15H8N2OS2. The van der Waals surface area contributed by atoms with Crippen LogP contribution >= 0.6 is 22.7 Å². The number of nitriles is 1. The first-order valence-electron chi connectivity index (χ1n) is 5.83. The maximum Gasteiger partial charge on any atom is 0.279 e. The van der Waals surface area contributed by atoms with Gasteiger partial charge in [-0.1, -0.05) is 18.2 Å². The third kappa shape index (κ3) is 2.39. The summed E-state index contributed by atoms with van der Waals surface area (Å²) in [6.45, 7) is 0. The lowest BCUT2D eigenvalue weighted by Crippen LogP contribution is -2.07. The molecule has 0 fully saturated rings. The van der Waals surface area contributed by atoms with E-state index in [1.165, 1.54) is 11.3 Å². The Hall–Kier alpha value is -2.29. The normalized spacial score (nSPS) is 11.4. The number of fused-ring (bicyclic) bond motifs is 1. The lowest BCUT2D eigenvalue weighted by atomic mass is 10.2. The van der Waals surface area contributed by atoms with Gasteiger partial charge in [0.25, 0.3) is 5.56 Å². The van der Waals surface area contributed by atoms with Crippen LogP contribution in [0, 0.1) is 11.3 Å². The lowest BCUT2D eigenvalue weighted by molar-refractivity contribution is 1.28. The third-order valence-electron chi connectivity index (χ3n) is 2.71. The van der Waals surface area contributed by atoms with E-state index in [-0.39, 0.29) is 5.56 Å². The molecule has 2 heterocycles. The molecule has 2 aromatic heterocycles. The van der Waals surface area contributed by atoms with Crippen LogP contribution in [0.3, 0.4) is 0 Å². The Morgan fingerprint density at radius 1 is 1.25 bits per heavy atom. The molecular weight excluding hydrogens is 288 g/mol. The standard InChI is InChI=1S/C15H8N2OS2/c16-9-10(8-11-4-3-7-19-11)15-17-14(18)12-5-1-2-6-13(12)20-15/h1-8H. The van der Waals surface area contributed by atoms with Gasteiger partial charge in [0.1, 0.15) is 11.1 Å². The van der Waals surface area contributed by atoms with Gasteiger partial charge >= 0.3 is 0 Å². The second-order valence-electron chi connectivity index (χ2n) is 4.01. The van der Waals surface area contributed by atoms with E-state index < -0.39 is 0 Å². The quantitative estimate of drug-likeness (QED) is 0.676. The number of thiophene rings is 1. The van der Waals surface area contributed by atoms with E-state index in [1.807, 2.05) is 35.7 Å². The second-order valence-corrected chi connectivity index (χ2v) is 6.02. The Morgan fingerprint density at radius 3 is 2.85 bits per heavy atom. The molecule has 20 heavy (non-hydrogen) atoms. The monoisotopic (exact) mass is 296 g/mol. The Bertz CT molecular complexity index is 886. The molecule has 0 spiro atoms. The molecule has 0 radical (unpaired) electrons. The van der Waals surface area contributed by atoms with Gasteiger partial charge in [0.2, 0.25) is 0 Å². The van der Waals surface area contributed by atoms with Crippen LogP contribution in [-0.4, -0.2) is 4.98 Å². The van der Waals surface area contributed by atoms with Crippen LogP contribution in [-0.2, 0) is 0 Å². The molecule has 0 aliphatic rings. The van der Waals surface area contributed by atoms with Crippen LogP contribution in [0.5, 0.6) is 0 Å². The summed E-state index contributed by atoms with van der Waals surface area (Å²) in [6, 6.07) is 13.3. The zero-order chi connectivity index (χ0) is 13.9. The van der Waals surface area contributed by atoms with Crippen molar-refractivity contribution in [3.8, 4) is 6.07 Å². The zero-order valence-electron chi connectivity index (χ0n) is 10.2. The molecule has 0 saturated heterocycles. The number of benzene rings is 1. The van der Waals surface area contributed by atoms with Gasteiger partial charge in [0.05, 0.1) is 11.0 Å². The maximum atomic E-state index is 12.0. The molecule has 0 aliphatic carbocycles. The second kappa shape index (κ2) is 5.37. The van der Waals surface area contributed by atoms with E-state index in [9.17, 15) is 10.1 Å². The van der Waals surface area contributed by atoms with E-state index in [1.54, 1.807) is 23.5 Å². The fraction of sp³-hybridized carbons (Fsp3) is 0. The zero-order valence-corrected chi connectivity index (χ0v) is 11.9. The fourth-order valence-corrected chi connectivity index (χ4v) is 3.41. The van der Waals surface area contributed by atoms with E-state index in [0.29, 0.717) is 16.0 Å². The fourth-order valence-electron chi connectivity index (χ4n) is 1.78. The van der Waals surface area contributed by atoms with Crippen LogP contribution in [0.15, 0.2) is 46.6 Å². The number of rotatable bonds is 2. The Balaban J connectivity index is 2.19. The average Bonchev–Trinajstić information content (AvgIpc) is 2.97. The van der Waals surface area contributed by atoms with Crippen LogP contribution < -0.4 is 5.56 Å². The van der Waals surface area contributed by atoms with Gasteiger partial charge < -0.3 is 0 Å². The topological polar surface area (TPSA) is 53.8 Å². The molecule has 5 heteroatoms. The summed E-state index contributed by atoms with van der Waals surface area (Å²) in [5.74, 6) is 0. The highest BCUT2D eigenvalue weighted by atomic mass is 32.1. The van der Waals surface area contributed by atoms with Gasteiger partial charge in [-0.25, -0.2) is 0 Å². The molecule has 3 aromatic rings. The predicted molar refractivity (Wildman–Crippen MR) is 83.7 cm³/mol. The van der Waals surface area contributed by atoms with Gasteiger partial charge in [-0.05, 0) is 29.7 Å². The van der Waals surface area contributed by atoms with Crippen LogP contribution in [0.4, 0.5) is 0 Å². The summed E-state index contributed by atoms with van der Waals surface area (Å²) >= 11 is 2.90. The van der Waals surface area contributed by atoms with E-state index in [4.69, 9.17) is 0 Å². The molecule has 0 N–H and O–H groups in total.